The van der Waals surface area contributed by atoms with Crippen molar-refractivity contribution in [1.82, 2.24) is 4.98 Å². The van der Waals surface area contributed by atoms with E-state index in [9.17, 15) is 18.0 Å². The van der Waals surface area contributed by atoms with E-state index in [1.807, 2.05) is 0 Å². The molecule has 1 aromatic carbocycles. The summed E-state index contributed by atoms with van der Waals surface area (Å²) in [7, 11) is 0. The van der Waals surface area contributed by atoms with Gasteiger partial charge in [-0.15, -0.1) is 0 Å². The van der Waals surface area contributed by atoms with Crippen LogP contribution in [-0.2, 0) is 17.4 Å². The van der Waals surface area contributed by atoms with Gasteiger partial charge in [0, 0.05) is 19.5 Å². The van der Waals surface area contributed by atoms with Gasteiger partial charge >= 0.3 is 12.1 Å². The summed E-state index contributed by atoms with van der Waals surface area (Å²) in [5, 5.41) is -0.0427. The van der Waals surface area contributed by atoms with Gasteiger partial charge < -0.3 is 4.74 Å². The van der Waals surface area contributed by atoms with Gasteiger partial charge in [0.2, 0.25) is 0 Å². The Labute approximate surface area is 129 Å². The Kier molecular flexibility index (Phi) is 4.71. The predicted octanol–water partition coefficient (Wildman–Crippen LogP) is 4.27. The van der Waals surface area contributed by atoms with E-state index in [1.54, 1.807) is 24.3 Å². The smallest absolute Gasteiger partial charge is 0.417 e. The molecule has 0 atom stereocenters. The molecule has 0 aliphatic heterocycles. The summed E-state index contributed by atoms with van der Waals surface area (Å²) in [5.41, 5.74) is 0.242. The third kappa shape index (κ3) is 4.21. The molecule has 0 aliphatic rings. The molecule has 116 valence electrons. The number of ether oxygens (including phenoxy) is 1. The molecule has 0 amide bonds. The van der Waals surface area contributed by atoms with Gasteiger partial charge in [0.05, 0.1) is 16.3 Å². The number of carbonyl (C=O) groups excluding carboxylic acids is 1. The van der Waals surface area contributed by atoms with E-state index >= 15 is 0 Å². The Morgan fingerprint density at radius 2 is 1.91 bits per heavy atom. The van der Waals surface area contributed by atoms with Crippen LogP contribution >= 0.6 is 11.6 Å². The predicted molar refractivity (Wildman–Crippen MR) is 74.8 cm³/mol. The maximum Gasteiger partial charge on any atom is 0.417 e. The van der Waals surface area contributed by atoms with E-state index in [1.165, 1.54) is 6.92 Å². The van der Waals surface area contributed by atoms with E-state index in [0.29, 0.717) is 11.4 Å². The highest BCUT2D eigenvalue weighted by Crippen LogP contribution is 2.31. The fourth-order valence-electron chi connectivity index (χ4n) is 1.79. The molecule has 0 spiro atoms. The number of benzene rings is 1. The second-order valence-corrected chi connectivity index (χ2v) is 4.97. The monoisotopic (exact) mass is 329 g/mol. The van der Waals surface area contributed by atoms with E-state index in [-0.39, 0.29) is 11.4 Å². The van der Waals surface area contributed by atoms with Crippen LogP contribution < -0.4 is 4.74 Å². The number of alkyl halides is 3. The molecule has 0 aliphatic carbocycles. The third-order valence-electron chi connectivity index (χ3n) is 2.80. The first-order valence-corrected chi connectivity index (χ1v) is 6.62. The standard InChI is InChI=1S/C15H11ClF3NO2/c1-9(21)22-12-4-2-10(3-5-12)6-14-13(16)7-11(8-20-14)15(17,18)19/h2-5,7-8H,6H2,1H3. The van der Waals surface area contributed by atoms with Crippen LogP contribution in [0.1, 0.15) is 23.7 Å². The average Bonchev–Trinajstić information content (AvgIpc) is 2.41. The number of aromatic nitrogens is 1. The van der Waals surface area contributed by atoms with Crippen molar-refractivity contribution < 1.29 is 22.7 Å². The lowest BCUT2D eigenvalue weighted by atomic mass is 10.1. The number of hydrogen-bond acceptors (Lipinski definition) is 3. The van der Waals surface area contributed by atoms with Crippen molar-refractivity contribution in [3.8, 4) is 5.75 Å². The zero-order chi connectivity index (χ0) is 16.3. The number of nitrogens with zero attached hydrogens (tertiary/aromatic N) is 1. The first-order valence-electron chi connectivity index (χ1n) is 6.24. The summed E-state index contributed by atoms with van der Waals surface area (Å²) in [6, 6.07) is 7.42. The van der Waals surface area contributed by atoms with Gasteiger partial charge in [-0.3, -0.25) is 9.78 Å². The minimum absolute atomic E-state index is 0.0427. The fourth-order valence-corrected chi connectivity index (χ4v) is 2.02. The summed E-state index contributed by atoms with van der Waals surface area (Å²) in [4.78, 5) is 14.6. The summed E-state index contributed by atoms with van der Waals surface area (Å²) >= 11 is 5.85. The number of rotatable bonds is 3. The molecule has 3 nitrogen and oxygen atoms in total. The maximum absolute atomic E-state index is 12.5. The molecule has 0 saturated carbocycles. The number of halogens is 4. The molecule has 2 rings (SSSR count). The van der Waals surface area contributed by atoms with Crippen LogP contribution in [0.15, 0.2) is 36.5 Å². The number of pyridine rings is 1. The van der Waals surface area contributed by atoms with Gasteiger partial charge in [0.1, 0.15) is 5.75 Å². The normalized spacial score (nSPS) is 11.3. The van der Waals surface area contributed by atoms with E-state index in [0.717, 1.165) is 17.8 Å². The quantitative estimate of drug-likeness (QED) is 0.623. The summed E-state index contributed by atoms with van der Waals surface area (Å²) in [6.07, 6.45) is -3.44. The SMILES string of the molecule is CC(=O)Oc1ccc(Cc2ncc(C(F)(F)F)cc2Cl)cc1. The molecule has 1 heterocycles. The third-order valence-corrected chi connectivity index (χ3v) is 3.13. The first-order chi connectivity index (χ1) is 10.3. The lowest BCUT2D eigenvalue weighted by Crippen LogP contribution is -2.07. The van der Waals surface area contributed by atoms with Crippen LogP contribution in [0.4, 0.5) is 13.2 Å². The van der Waals surface area contributed by atoms with Crippen molar-refractivity contribution in [2.75, 3.05) is 0 Å². The zero-order valence-electron chi connectivity index (χ0n) is 11.4. The molecule has 2 aromatic rings. The molecule has 0 saturated heterocycles. The van der Waals surface area contributed by atoms with Crippen molar-refractivity contribution in [1.29, 1.82) is 0 Å². The van der Waals surface area contributed by atoms with Gasteiger partial charge in [0.25, 0.3) is 0 Å². The summed E-state index contributed by atoms with van der Waals surface area (Å²) < 4.78 is 42.5. The molecule has 0 fully saturated rings. The van der Waals surface area contributed by atoms with Crippen LogP contribution in [0.2, 0.25) is 5.02 Å². The molecule has 0 radical (unpaired) electrons. The Morgan fingerprint density at radius 3 is 2.41 bits per heavy atom. The molecule has 0 bridgehead atoms. The van der Waals surface area contributed by atoms with E-state index in [4.69, 9.17) is 16.3 Å². The van der Waals surface area contributed by atoms with E-state index < -0.39 is 17.7 Å². The highest BCUT2D eigenvalue weighted by molar-refractivity contribution is 6.31. The van der Waals surface area contributed by atoms with Crippen molar-refractivity contribution in [3.63, 3.8) is 0 Å². The van der Waals surface area contributed by atoms with Crippen molar-refractivity contribution >= 4 is 17.6 Å². The molecule has 1 aromatic heterocycles. The summed E-state index contributed by atoms with van der Waals surface area (Å²) in [5.74, 6) is -0.0390. The Bertz CT molecular complexity index is 684. The minimum atomic E-state index is -4.47. The molecule has 7 heteroatoms. The van der Waals surface area contributed by atoms with Gasteiger partial charge in [0.15, 0.2) is 0 Å². The van der Waals surface area contributed by atoms with Crippen LogP contribution in [0, 0.1) is 0 Å². The molecular weight excluding hydrogens is 319 g/mol. The fraction of sp³-hybridized carbons (Fsp3) is 0.200. The van der Waals surface area contributed by atoms with Gasteiger partial charge in [-0.05, 0) is 23.8 Å². The van der Waals surface area contributed by atoms with Gasteiger partial charge in [-0.25, -0.2) is 0 Å². The Hall–Kier alpha value is -2.08. The number of esters is 1. The van der Waals surface area contributed by atoms with Crippen molar-refractivity contribution in [3.05, 3.63) is 58.4 Å². The Balaban J connectivity index is 2.15. The van der Waals surface area contributed by atoms with Crippen molar-refractivity contribution in [2.24, 2.45) is 0 Å². The number of carbonyl (C=O) groups is 1. The zero-order valence-corrected chi connectivity index (χ0v) is 12.2. The number of hydrogen-bond donors (Lipinski definition) is 0. The first kappa shape index (κ1) is 16.3. The second kappa shape index (κ2) is 6.36. The highest BCUT2D eigenvalue weighted by atomic mass is 35.5. The van der Waals surface area contributed by atoms with Crippen LogP contribution in [0.5, 0.6) is 5.75 Å². The maximum atomic E-state index is 12.5. The molecular formula is C15H11ClF3NO2. The van der Waals surface area contributed by atoms with Crippen LogP contribution in [0.3, 0.4) is 0 Å². The lowest BCUT2D eigenvalue weighted by molar-refractivity contribution is -0.138. The topological polar surface area (TPSA) is 39.2 Å². The Morgan fingerprint density at radius 1 is 1.27 bits per heavy atom. The molecule has 0 N–H and O–H groups in total. The largest absolute Gasteiger partial charge is 0.427 e. The van der Waals surface area contributed by atoms with E-state index in [2.05, 4.69) is 4.98 Å². The van der Waals surface area contributed by atoms with Gasteiger partial charge in [-0.1, -0.05) is 23.7 Å². The van der Waals surface area contributed by atoms with Crippen molar-refractivity contribution in [2.45, 2.75) is 19.5 Å². The molecule has 22 heavy (non-hydrogen) atoms. The minimum Gasteiger partial charge on any atom is -0.427 e. The summed E-state index contributed by atoms with van der Waals surface area (Å²) in [6.45, 7) is 1.29. The molecule has 0 unspecified atom stereocenters. The lowest BCUT2D eigenvalue weighted by Gasteiger charge is -2.09. The van der Waals surface area contributed by atoms with Gasteiger partial charge in [-0.2, -0.15) is 13.2 Å². The van der Waals surface area contributed by atoms with Crippen LogP contribution in [-0.4, -0.2) is 11.0 Å². The second-order valence-electron chi connectivity index (χ2n) is 4.56. The van der Waals surface area contributed by atoms with Crippen LogP contribution in [0.25, 0.3) is 0 Å². The highest BCUT2D eigenvalue weighted by Gasteiger charge is 2.31. The average molecular weight is 330 g/mol.